The van der Waals surface area contributed by atoms with Crippen LogP contribution in [0.4, 0.5) is 4.39 Å². The van der Waals surface area contributed by atoms with Crippen molar-refractivity contribution < 1.29 is 12.8 Å². The molecule has 0 aromatic heterocycles. The van der Waals surface area contributed by atoms with Crippen LogP contribution in [0.5, 0.6) is 0 Å². The Morgan fingerprint density at radius 1 is 1.20 bits per heavy atom. The normalized spacial score (nSPS) is 13.9. The average Bonchev–Trinajstić information content (AvgIpc) is 2.26. The summed E-state index contributed by atoms with van der Waals surface area (Å²) in [5.41, 5.74) is 0. The van der Waals surface area contributed by atoms with Gasteiger partial charge in [0.05, 0.1) is 4.90 Å². The topological polar surface area (TPSA) is 49.4 Å². The lowest BCUT2D eigenvalue weighted by Gasteiger charge is -2.23. The molecule has 0 saturated heterocycles. The molecule has 0 radical (unpaired) electrons. The second-order valence-corrected chi connectivity index (χ2v) is 7.38. The molecule has 20 heavy (non-hydrogen) atoms. The number of hydrogen-bond acceptors (Lipinski definition) is 3. The first-order valence-corrected chi connectivity index (χ1v) is 8.11. The fourth-order valence-corrected chi connectivity index (χ4v) is 3.31. The molecule has 0 spiro atoms. The number of hydrogen-bond donors (Lipinski definition) is 1. The Balaban J connectivity index is 2.87. The van der Waals surface area contributed by atoms with Crippen LogP contribution in [0, 0.1) is 11.7 Å². The molecule has 6 heteroatoms. The van der Waals surface area contributed by atoms with Crippen LogP contribution in [0.2, 0.25) is 0 Å². The highest BCUT2D eigenvalue weighted by molar-refractivity contribution is 7.89. The van der Waals surface area contributed by atoms with Gasteiger partial charge in [-0.15, -0.1) is 0 Å². The minimum Gasteiger partial charge on any atom is -0.308 e. The summed E-state index contributed by atoms with van der Waals surface area (Å²) in [6.07, 6.45) is 0.749. The number of rotatable bonds is 7. The summed E-state index contributed by atoms with van der Waals surface area (Å²) < 4.78 is 40.1. The van der Waals surface area contributed by atoms with E-state index < -0.39 is 15.8 Å². The van der Waals surface area contributed by atoms with E-state index in [0.29, 0.717) is 12.5 Å². The van der Waals surface area contributed by atoms with E-state index in [1.807, 2.05) is 19.0 Å². The quantitative estimate of drug-likeness (QED) is 0.839. The van der Waals surface area contributed by atoms with Crippen molar-refractivity contribution in [1.82, 2.24) is 9.62 Å². The third-order valence-electron chi connectivity index (χ3n) is 2.79. The lowest BCUT2D eigenvalue weighted by Crippen LogP contribution is -2.42. The van der Waals surface area contributed by atoms with Gasteiger partial charge in [0, 0.05) is 12.6 Å². The van der Waals surface area contributed by atoms with Crippen molar-refractivity contribution in [3.8, 4) is 0 Å². The monoisotopic (exact) mass is 302 g/mol. The fraction of sp³-hybridized carbons (Fsp3) is 0.571. The number of sulfonamides is 1. The molecule has 0 amide bonds. The molecular formula is C14H23FN2O2S. The van der Waals surface area contributed by atoms with Gasteiger partial charge >= 0.3 is 0 Å². The molecule has 1 N–H and O–H groups in total. The van der Waals surface area contributed by atoms with Gasteiger partial charge in [-0.25, -0.2) is 17.5 Å². The Labute approximate surface area is 121 Å². The van der Waals surface area contributed by atoms with E-state index >= 15 is 0 Å². The molecule has 1 aromatic carbocycles. The van der Waals surface area contributed by atoms with E-state index in [4.69, 9.17) is 0 Å². The van der Waals surface area contributed by atoms with E-state index in [9.17, 15) is 12.8 Å². The molecule has 0 aliphatic rings. The van der Waals surface area contributed by atoms with Gasteiger partial charge in [-0.2, -0.15) is 0 Å². The SMILES string of the molecule is CC(C)CC(CN(C)C)NS(=O)(=O)c1ccc(F)cc1. The summed E-state index contributed by atoms with van der Waals surface area (Å²) in [6, 6.07) is 4.69. The van der Waals surface area contributed by atoms with Gasteiger partial charge in [0.2, 0.25) is 10.0 Å². The smallest absolute Gasteiger partial charge is 0.240 e. The van der Waals surface area contributed by atoms with Gasteiger partial charge < -0.3 is 4.90 Å². The maximum Gasteiger partial charge on any atom is 0.240 e. The molecule has 1 unspecified atom stereocenters. The molecule has 0 aliphatic heterocycles. The van der Waals surface area contributed by atoms with Crippen LogP contribution in [0.3, 0.4) is 0 Å². The van der Waals surface area contributed by atoms with E-state index in [-0.39, 0.29) is 10.9 Å². The molecular weight excluding hydrogens is 279 g/mol. The van der Waals surface area contributed by atoms with Crippen LogP contribution < -0.4 is 4.72 Å². The third-order valence-corrected chi connectivity index (χ3v) is 4.32. The Bertz CT molecular complexity index is 502. The van der Waals surface area contributed by atoms with Crippen molar-refractivity contribution in [1.29, 1.82) is 0 Å². The first-order chi connectivity index (χ1) is 9.20. The molecule has 4 nitrogen and oxygen atoms in total. The van der Waals surface area contributed by atoms with Crippen LogP contribution in [0.1, 0.15) is 20.3 Å². The van der Waals surface area contributed by atoms with Crippen LogP contribution >= 0.6 is 0 Å². The highest BCUT2D eigenvalue weighted by Crippen LogP contribution is 2.13. The first-order valence-electron chi connectivity index (χ1n) is 6.63. The zero-order chi connectivity index (χ0) is 15.3. The highest BCUT2D eigenvalue weighted by Gasteiger charge is 2.21. The second kappa shape index (κ2) is 7.15. The predicted octanol–water partition coefficient (Wildman–Crippen LogP) is 2.08. The van der Waals surface area contributed by atoms with Gasteiger partial charge in [0.25, 0.3) is 0 Å². The van der Waals surface area contributed by atoms with Gasteiger partial charge in [-0.3, -0.25) is 0 Å². The summed E-state index contributed by atoms with van der Waals surface area (Å²) in [6.45, 7) is 4.72. The number of halogens is 1. The van der Waals surface area contributed by atoms with Gasteiger partial charge in [-0.05, 0) is 50.7 Å². The zero-order valence-corrected chi connectivity index (χ0v) is 13.2. The first kappa shape index (κ1) is 17.1. The molecule has 0 bridgehead atoms. The summed E-state index contributed by atoms with van der Waals surface area (Å²) in [4.78, 5) is 2.03. The van der Waals surface area contributed by atoms with Crippen LogP contribution in [-0.2, 0) is 10.0 Å². The van der Waals surface area contributed by atoms with E-state index in [1.165, 1.54) is 12.1 Å². The molecule has 0 heterocycles. The molecule has 0 aliphatic carbocycles. The van der Waals surface area contributed by atoms with Gasteiger partial charge in [0.15, 0.2) is 0 Å². The Morgan fingerprint density at radius 3 is 2.20 bits per heavy atom. The average molecular weight is 302 g/mol. The molecule has 0 saturated carbocycles. The summed E-state index contributed by atoms with van der Waals surface area (Å²) in [5, 5.41) is 0. The number of benzene rings is 1. The summed E-state index contributed by atoms with van der Waals surface area (Å²) in [5.74, 6) is -0.0631. The largest absolute Gasteiger partial charge is 0.308 e. The van der Waals surface area contributed by atoms with Crippen LogP contribution in [0.15, 0.2) is 29.2 Å². The predicted molar refractivity (Wildman–Crippen MR) is 78.5 cm³/mol. The van der Waals surface area contributed by atoms with Crippen molar-refractivity contribution >= 4 is 10.0 Å². The molecule has 1 atom stereocenters. The number of nitrogens with zero attached hydrogens (tertiary/aromatic N) is 1. The maximum atomic E-state index is 12.9. The lowest BCUT2D eigenvalue weighted by atomic mass is 10.0. The Morgan fingerprint density at radius 2 is 1.75 bits per heavy atom. The molecule has 0 fully saturated rings. The second-order valence-electron chi connectivity index (χ2n) is 5.66. The van der Waals surface area contributed by atoms with Crippen LogP contribution in [0.25, 0.3) is 0 Å². The van der Waals surface area contributed by atoms with Crippen molar-refractivity contribution in [2.45, 2.75) is 31.2 Å². The number of nitrogens with one attached hydrogen (secondary N) is 1. The standard InChI is InChI=1S/C14H23FN2O2S/c1-11(2)9-13(10-17(3)4)16-20(18,19)14-7-5-12(15)6-8-14/h5-8,11,13,16H,9-10H2,1-4H3. The van der Waals surface area contributed by atoms with Crippen molar-refractivity contribution in [2.75, 3.05) is 20.6 Å². The summed E-state index contributed by atoms with van der Waals surface area (Å²) >= 11 is 0. The van der Waals surface area contributed by atoms with Crippen molar-refractivity contribution in [2.24, 2.45) is 5.92 Å². The lowest BCUT2D eigenvalue weighted by molar-refractivity contribution is 0.329. The minimum absolute atomic E-state index is 0.0893. The van der Waals surface area contributed by atoms with Gasteiger partial charge in [0.1, 0.15) is 5.82 Å². The van der Waals surface area contributed by atoms with Crippen molar-refractivity contribution in [3.63, 3.8) is 0 Å². The number of likely N-dealkylation sites (N-methyl/N-ethyl adjacent to an activating group) is 1. The Hall–Kier alpha value is -0.980. The van der Waals surface area contributed by atoms with E-state index in [2.05, 4.69) is 18.6 Å². The van der Waals surface area contributed by atoms with E-state index in [1.54, 1.807) is 0 Å². The fourth-order valence-electron chi connectivity index (χ4n) is 2.07. The van der Waals surface area contributed by atoms with E-state index in [0.717, 1.165) is 18.6 Å². The zero-order valence-electron chi connectivity index (χ0n) is 12.4. The summed E-state index contributed by atoms with van der Waals surface area (Å²) in [7, 11) is 0.194. The highest BCUT2D eigenvalue weighted by atomic mass is 32.2. The Kier molecular flexibility index (Phi) is 6.10. The third kappa shape index (κ3) is 5.56. The van der Waals surface area contributed by atoms with Crippen molar-refractivity contribution in [3.05, 3.63) is 30.1 Å². The van der Waals surface area contributed by atoms with Crippen LogP contribution in [-0.4, -0.2) is 40.0 Å². The minimum atomic E-state index is -3.61. The molecule has 114 valence electrons. The molecule has 1 aromatic rings. The van der Waals surface area contributed by atoms with Gasteiger partial charge in [-0.1, -0.05) is 13.8 Å². The molecule has 1 rings (SSSR count). The maximum absolute atomic E-state index is 12.9.